The van der Waals surface area contributed by atoms with Gasteiger partial charge in [0.1, 0.15) is 5.82 Å². The van der Waals surface area contributed by atoms with Gasteiger partial charge in [-0.15, -0.1) is 5.10 Å². The van der Waals surface area contributed by atoms with E-state index in [-0.39, 0.29) is 11.6 Å². The monoisotopic (exact) mass is 317 g/mol. The maximum absolute atomic E-state index is 12.8. The summed E-state index contributed by atoms with van der Waals surface area (Å²) in [5, 5.41) is 16.7. The number of anilines is 1. The van der Waals surface area contributed by atoms with Gasteiger partial charge < -0.3 is 10.4 Å². The predicted molar refractivity (Wildman–Crippen MR) is 74.5 cm³/mol. The molecular formula is C13H18F3N5O. The van der Waals surface area contributed by atoms with Gasteiger partial charge in [-0.05, 0) is 34.6 Å². The second kappa shape index (κ2) is 4.80. The molecule has 2 aromatic rings. The van der Waals surface area contributed by atoms with E-state index in [0.29, 0.717) is 5.69 Å². The van der Waals surface area contributed by atoms with Crippen molar-refractivity contribution < 1.29 is 18.3 Å². The molecule has 2 heterocycles. The molecule has 122 valence electrons. The lowest BCUT2D eigenvalue weighted by Gasteiger charge is -2.38. The van der Waals surface area contributed by atoms with Crippen LogP contribution in [0.15, 0.2) is 6.07 Å². The number of hydrogen-bond donors (Lipinski definition) is 2. The molecule has 0 aliphatic rings. The lowest BCUT2D eigenvalue weighted by atomic mass is 9.86. The minimum Gasteiger partial charge on any atom is -0.388 e. The van der Waals surface area contributed by atoms with E-state index in [0.717, 1.165) is 4.52 Å². The van der Waals surface area contributed by atoms with Gasteiger partial charge in [-0.25, -0.2) is 4.98 Å². The van der Waals surface area contributed by atoms with E-state index in [2.05, 4.69) is 20.4 Å². The van der Waals surface area contributed by atoms with Crippen molar-refractivity contribution in [3.63, 3.8) is 0 Å². The summed E-state index contributed by atoms with van der Waals surface area (Å²) < 4.78 is 39.3. The van der Waals surface area contributed by atoms with Crippen molar-refractivity contribution >= 4 is 11.6 Å². The van der Waals surface area contributed by atoms with Gasteiger partial charge in [0, 0.05) is 11.8 Å². The standard InChI is InChI=1S/C13H18F3N5O/c1-7-6-8(19-11(2,3)12(4,5)22)21-10(17-7)18-9(20-21)13(14,15)16/h6,19,22H,1-5H3. The number of rotatable bonds is 3. The Morgan fingerprint density at radius 1 is 1.14 bits per heavy atom. The van der Waals surface area contributed by atoms with Crippen LogP contribution in [-0.4, -0.2) is 35.8 Å². The fourth-order valence-corrected chi connectivity index (χ4v) is 1.67. The molecule has 22 heavy (non-hydrogen) atoms. The number of nitrogens with zero attached hydrogens (tertiary/aromatic N) is 4. The Bertz CT molecular complexity index is 700. The van der Waals surface area contributed by atoms with Crippen LogP contribution in [0.5, 0.6) is 0 Å². The van der Waals surface area contributed by atoms with Crippen molar-refractivity contribution in [2.75, 3.05) is 5.32 Å². The number of aryl methyl sites for hydroxylation is 1. The Labute approximate surface area is 125 Å². The molecule has 0 aromatic carbocycles. The van der Waals surface area contributed by atoms with E-state index < -0.39 is 23.1 Å². The van der Waals surface area contributed by atoms with Crippen LogP contribution in [0, 0.1) is 6.92 Å². The second-order valence-corrected chi connectivity index (χ2v) is 6.24. The molecule has 0 spiro atoms. The van der Waals surface area contributed by atoms with Crippen LogP contribution >= 0.6 is 0 Å². The summed E-state index contributed by atoms with van der Waals surface area (Å²) in [6, 6.07) is 1.55. The molecule has 0 unspecified atom stereocenters. The average Bonchev–Trinajstić information content (AvgIpc) is 2.70. The molecule has 0 amide bonds. The Morgan fingerprint density at radius 2 is 1.73 bits per heavy atom. The van der Waals surface area contributed by atoms with Crippen LogP contribution in [0.4, 0.5) is 19.0 Å². The summed E-state index contributed by atoms with van der Waals surface area (Å²) >= 11 is 0. The van der Waals surface area contributed by atoms with Gasteiger partial charge in [0.2, 0.25) is 0 Å². The van der Waals surface area contributed by atoms with Crippen LogP contribution in [0.1, 0.15) is 39.2 Å². The number of hydrogen-bond acceptors (Lipinski definition) is 5. The number of halogens is 3. The van der Waals surface area contributed by atoms with Crippen molar-refractivity contribution in [3.05, 3.63) is 17.6 Å². The van der Waals surface area contributed by atoms with E-state index >= 15 is 0 Å². The molecule has 0 atom stereocenters. The van der Waals surface area contributed by atoms with Crippen molar-refractivity contribution in [1.29, 1.82) is 0 Å². The summed E-state index contributed by atoms with van der Waals surface area (Å²) in [5.41, 5.74) is -1.45. The molecule has 2 N–H and O–H groups in total. The van der Waals surface area contributed by atoms with E-state index in [4.69, 9.17) is 0 Å². The topological polar surface area (TPSA) is 75.3 Å². The lowest BCUT2D eigenvalue weighted by molar-refractivity contribution is -0.144. The normalized spacial score (nSPS) is 13.7. The van der Waals surface area contributed by atoms with Crippen molar-refractivity contribution in [2.24, 2.45) is 0 Å². The Hall–Kier alpha value is -1.90. The highest BCUT2D eigenvalue weighted by Gasteiger charge is 2.38. The van der Waals surface area contributed by atoms with Crippen LogP contribution in [0.3, 0.4) is 0 Å². The number of fused-ring (bicyclic) bond motifs is 1. The van der Waals surface area contributed by atoms with Crippen molar-refractivity contribution in [2.45, 2.75) is 51.9 Å². The molecule has 0 aliphatic heterocycles. The van der Waals surface area contributed by atoms with Gasteiger partial charge in [0.25, 0.3) is 11.6 Å². The molecule has 0 bridgehead atoms. The highest BCUT2D eigenvalue weighted by molar-refractivity contribution is 5.47. The lowest BCUT2D eigenvalue weighted by Crippen LogP contribution is -2.51. The van der Waals surface area contributed by atoms with E-state index in [9.17, 15) is 18.3 Å². The fraction of sp³-hybridized carbons (Fsp3) is 0.615. The largest absolute Gasteiger partial charge is 0.453 e. The third-order valence-electron chi connectivity index (χ3n) is 3.66. The maximum atomic E-state index is 12.8. The smallest absolute Gasteiger partial charge is 0.388 e. The highest BCUT2D eigenvalue weighted by atomic mass is 19.4. The molecule has 2 rings (SSSR count). The quantitative estimate of drug-likeness (QED) is 0.909. The zero-order valence-electron chi connectivity index (χ0n) is 12.9. The Morgan fingerprint density at radius 3 is 2.23 bits per heavy atom. The first-order chi connectivity index (χ1) is 9.81. The SMILES string of the molecule is Cc1cc(NC(C)(C)C(C)(C)O)n2nc(C(F)(F)F)nc2n1. The molecule has 0 aliphatic carbocycles. The minimum atomic E-state index is -4.65. The Balaban J connectivity index is 2.57. The third-order valence-corrected chi connectivity index (χ3v) is 3.66. The third kappa shape index (κ3) is 2.99. The fourth-order valence-electron chi connectivity index (χ4n) is 1.67. The summed E-state index contributed by atoms with van der Waals surface area (Å²) in [5.74, 6) is -1.13. The van der Waals surface area contributed by atoms with Gasteiger partial charge >= 0.3 is 6.18 Å². The average molecular weight is 317 g/mol. The summed E-state index contributed by atoms with van der Waals surface area (Å²) in [4.78, 5) is 7.36. The summed E-state index contributed by atoms with van der Waals surface area (Å²) in [6.45, 7) is 8.32. The molecule has 0 saturated carbocycles. The number of aromatic nitrogens is 4. The van der Waals surface area contributed by atoms with E-state index in [1.807, 2.05) is 0 Å². The molecule has 0 fully saturated rings. The van der Waals surface area contributed by atoms with Crippen LogP contribution in [0.25, 0.3) is 5.78 Å². The zero-order chi connectivity index (χ0) is 16.9. The van der Waals surface area contributed by atoms with Gasteiger partial charge in [0.15, 0.2) is 0 Å². The molecule has 0 radical (unpaired) electrons. The van der Waals surface area contributed by atoms with E-state index in [1.165, 1.54) is 0 Å². The minimum absolute atomic E-state index is 0.152. The highest BCUT2D eigenvalue weighted by Crippen LogP contribution is 2.29. The van der Waals surface area contributed by atoms with Gasteiger partial charge in [-0.3, -0.25) is 0 Å². The second-order valence-electron chi connectivity index (χ2n) is 6.24. The summed E-state index contributed by atoms with van der Waals surface area (Å²) in [7, 11) is 0. The first-order valence-corrected chi connectivity index (χ1v) is 6.63. The molecule has 0 saturated heterocycles. The van der Waals surface area contributed by atoms with Crippen LogP contribution in [0.2, 0.25) is 0 Å². The molecule has 9 heteroatoms. The predicted octanol–water partition coefficient (Wildman–Crippen LogP) is 2.41. The van der Waals surface area contributed by atoms with Crippen molar-refractivity contribution in [1.82, 2.24) is 19.6 Å². The van der Waals surface area contributed by atoms with Crippen LogP contribution < -0.4 is 5.32 Å². The Kier molecular flexibility index (Phi) is 3.59. The van der Waals surface area contributed by atoms with E-state index in [1.54, 1.807) is 40.7 Å². The number of nitrogens with one attached hydrogen (secondary N) is 1. The number of aliphatic hydroxyl groups is 1. The van der Waals surface area contributed by atoms with Gasteiger partial charge in [-0.2, -0.15) is 22.7 Å². The summed E-state index contributed by atoms with van der Waals surface area (Å²) in [6.07, 6.45) is -4.65. The molecule has 2 aromatic heterocycles. The first kappa shape index (κ1) is 16.5. The van der Waals surface area contributed by atoms with Crippen LogP contribution in [-0.2, 0) is 6.18 Å². The number of alkyl halides is 3. The molecular weight excluding hydrogens is 299 g/mol. The van der Waals surface area contributed by atoms with Crippen molar-refractivity contribution in [3.8, 4) is 0 Å². The van der Waals surface area contributed by atoms with Gasteiger partial charge in [0.05, 0.1) is 11.1 Å². The molecule has 6 nitrogen and oxygen atoms in total. The zero-order valence-corrected chi connectivity index (χ0v) is 12.9. The maximum Gasteiger partial charge on any atom is 0.453 e. The van der Waals surface area contributed by atoms with Gasteiger partial charge in [-0.1, -0.05) is 0 Å². The first-order valence-electron chi connectivity index (χ1n) is 6.63.